The molecule has 0 bridgehead atoms. The molecule has 0 aliphatic carbocycles. The van der Waals surface area contributed by atoms with Crippen molar-refractivity contribution in [3.63, 3.8) is 0 Å². The number of hydrogen-bond donors (Lipinski definition) is 1. The van der Waals surface area contributed by atoms with Gasteiger partial charge >= 0.3 is 12.2 Å². The van der Waals surface area contributed by atoms with Crippen LogP contribution in [0.3, 0.4) is 0 Å². The van der Waals surface area contributed by atoms with E-state index in [1.807, 2.05) is 18.2 Å². The van der Waals surface area contributed by atoms with Gasteiger partial charge in [0.2, 0.25) is 5.88 Å². The Morgan fingerprint density at radius 2 is 2.00 bits per heavy atom. The zero-order valence-electron chi connectivity index (χ0n) is 17.5. The number of rotatable bonds is 6. The minimum atomic E-state index is -4.43. The minimum Gasteiger partial charge on any atom is -0.439 e. The number of pyridine rings is 2. The van der Waals surface area contributed by atoms with Crippen molar-refractivity contribution in [2.75, 3.05) is 18.4 Å². The van der Waals surface area contributed by atoms with E-state index in [4.69, 9.17) is 4.74 Å². The van der Waals surface area contributed by atoms with Crippen LogP contribution in [0.25, 0.3) is 6.08 Å². The second-order valence-electron chi connectivity index (χ2n) is 7.64. The van der Waals surface area contributed by atoms with Crippen LogP contribution < -0.4 is 10.1 Å². The van der Waals surface area contributed by atoms with Crippen LogP contribution in [-0.4, -0.2) is 34.0 Å². The molecule has 1 aliphatic rings. The van der Waals surface area contributed by atoms with Crippen LogP contribution in [0.4, 0.5) is 23.7 Å². The van der Waals surface area contributed by atoms with Crippen molar-refractivity contribution in [1.29, 1.82) is 0 Å². The molecule has 6 nitrogen and oxygen atoms in total. The van der Waals surface area contributed by atoms with Gasteiger partial charge in [-0.1, -0.05) is 24.3 Å². The predicted molar refractivity (Wildman–Crippen MR) is 118 cm³/mol. The van der Waals surface area contributed by atoms with E-state index in [2.05, 4.69) is 15.3 Å². The highest BCUT2D eigenvalue weighted by atomic mass is 19.4. The van der Waals surface area contributed by atoms with Gasteiger partial charge in [-0.15, -0.1) is 0 Å². The summed E-state index contributed by atoms with van der Waals surface area (Å²) in [7, 11) is 0. The van der Waals surface area contributed by atoms with Crippen LogP contribution in [0.5, 0.6) is 11.6 Å². The number of anilines is 1. The maximum absolute atomic E-state index is 12.6. The molecule has 4 rings (SSSR count). The lowest BCUT2D eigenvalue weighted by Crippen LogP contribution is -2.51. The van der Waals surface area contributed by atoms with Gasteiger partial charge in [0.25, 0.3) is 0 Å². The monoisotopic (exact) mass is 454 g/mol. The van der Waals surface area contributed by atoms with Gasteiger partial charge in [0.1, 0.15) is 5.75 Å². The van der Waals surface area contributed by atoms with Gasteiger partial charge in [0, 0.05) is 31.5 Å². The Labute approximate surface area is 188 Å². The molecule has 0 saturated carbocycles. The average Bonchev–Trinajstić information content (AvgIpc) is 2.76. The van der Waals surface area contributed by atoms with E-state index < -0.39 is 11.7 Å². The Balaban J connectivity index is 1.24. The summed E-state index contributed by atoms with van der Waals surface area (Å²) < 4.78 is 43.5. The fourth-order valence-electron chi connectivity index (χ4n) is 3.33. The summed E-state index contributed by atoms with van der Waals surface area (Å²) in [5.41, 5.74) is 0.736. The zero-order chi connectivity index (χ0) is 23.3. The Morgan fingerprint density at radius 3 is 2.70 bits per heavy atom. The van der Waals surface area contributed by atoms with E-state index in [0.717, 1.165) is 24.2 Å². The average molecular weight is 454 g/mol. The zero-order valence-corrected chi connectivity index (χ0v) is 17.5. The Bertz CT molecular complexity index is 1110. The number of alkyl halides is 3. The van der Waals surface area contributed by atoms with Gasteiger partial charge in [0.15, 0.2) is 0 Å². The Morgan fingerprint density at radius 1 is 1.15 bits per heavy atom. The third-order valence-corrected chi connectivity index (χ3v) is 5.08. The number of benzene rings is 1. The summed E-state index contributed by atoms with van der Waals surface area (Å²) in [6.45, 7) is 1.36. The van der Waals surface area contributed by atoms with Crippen LogP contribution in [0, 0.1) is 5.92 Å². The summed E-state index contributed by atoms with van der Waals surface area (Å²) in [6, 6.07) is 12.7. The van der Waals surface area contributed by atoms with E-state index in [1.54, 1.807) is 47.6 Å². The number of nitrogens with zero attached hydrogens (tertiary/aromatic N) is 3. The van der Waals surface area contributed by atoms with Crippen LogP contribution in [0.1, 0.15) is 17.5 Å². The first kappa shape index (κ1) is 22.3. The van der Waals surface area contributed by atoms with Crippen molar-refractivity contribution in [1.82, 2.24) is 14.9 Å². The highest BCUT2D eigenvalue weighted by molar-refractivity contribution is 5.89. The van der Waals surface area contributed by atoms with Crippen molar-refractivity contribution in [3.05, 3.63) is 84.3 Å². The smallest absolute Gasteiger partial charge is 0.417 e. The fourth-order valence-corrected chi connectivity index (χ4v) is 3.33. The van der Waals surface area contributed by atoms with E-state index in [-0.39, 0.29) is 11.9 Å². The Kier molecular flexibility index (Phi) is 6.58. The molecular formula is C24H21F3N4O2. The van der Waals surface area contributed by atoms with Crippen molar-refractivity contribution in [3.8, 4) is 11.6 Å². The Hall–Kier alpha value is -3.88. The molecule has 3 heterocycles. The summed E-state index contributed by atoms with van der Waals surface area (Å²) in [5, 5.41) is 2.81. The first-order valence-corrected chi connectivity index (χ1v) is 10.3. The van der Waals surface area contributed by atoms with Crippen molar-refractivity contribution in [2.45, 2.75) is 12.6 Å². The third kappa shape index (κ3) is 6.09. The lowest BCUT2D eigenvalue weighted by Gasteiger charge is -2.38. The molecule has 1 N–H and O–H groups in total. The molecule has 3 aromatic rings. The molecule has 0 unspecified atom stereocenters. The van der Waals surface area contributed by atoms with E-state index in [0.29, 0.717) is 30.4 Å². The summed E-state index contributed by atoms with van der Waals surface area (Å²) in [4.78, 5) is 21.6. The SMILES string of the molecule is O=C(Nc1cccnc1)N1CC(C/C=C/c2cccc(Oc3ccc(C(F)(F)F)cn3)c2)C1. The number of urea groups is 1. The second-order valence-corrected chi connectivity index (χ2v) is 7.64. The van der Waals surface area contributed by atoms with Crippen LogP contribution in [-0.2, 0) is 6.18 Å². The van der Waals surface area contributed by atoms with Gasteiger partial charge in [-0.2, -0.15) is 13.2 Å². The van der Waals surface area contributed by atoms with E-state index in [1.165, 1.54) is 6.07 Å². The highest BCUT2D eigenvalue weighted by Crippen LogP contribution is 2.30. The highest BCUT2D eigenvalue weighted by Gasteiger charge is 2.31. The predicted octanol–water partition coefficient (Wildman–Crippen LogP) is 5.85. The van der Waals surface area contributed by atoms with Gasteiger partial charge in [-0.25, -0.2) is 9.78 Å². The molecule has 9 heteroatoms. The normalized spacial score (nSPS) is 14.2. The number of carbonyl (C=O) groups is 1. The maximum Gasteiger partial charge on any atom is 0.417 e. The lowest BCUT2D eigenvalue weighted by atomic mass is 9.96. The number of likely N-dealkylation sites (tertiary alicyclic amines) is 1. The van der Waals surface area contributed by atoms with Crippen molar-refractivity contribution in [2.24, 2.45) is 5.92 Å². The van der Waals surface area contributed by atoms with Crippen molar-refractivity contribution < 1.29 is 22.7 Å². The molecule has 0 radical (unpaired) electrons. The molecule has 2 amide bonds. The first-order valence-electron chi connectivity index (χ1n) is 10.3. The molecule has 33 heavy (non-hydrogen) atoms. The third-order valence-electron chi connectivity index (χ3n) is 5.08. The van der Waals surface area contributed by atoms with Crippen molar-refractivity contribution >= 4 is 17.8 Å². The van der Waals surface area contributed by atoms with Crippen LogP contribution in [0.2, 0.25) is 0 Å². The second kappa shape index (κ2) is 9.72. The van der Waals surface area contributed by atoms with Crippen LogP contribution >= 0.6 is 0 Å². The molecule has 1 saturated heterocycles. The van der Waals surface area contributed by atoms with Gasteiger partial charge in [0.05, 0.1) is 17.4 Å². The lowest BCUT2D eigenvalue weighted by molar-refractivity contribution is -0.137. The number of amides is 2. The number of ether oxygens (including phenoxy) is 1. The fraction of sp³-hybridized carbons (Fsp3) is 0.208. The van der Waals surface area contributed by atoms with E-state index >= 15 is 0 Å². The largest absolute Gasteiger partial charge is 0.439 e. The van der Waals surface area contributed by atoms with E-state index in [9.17, 15) is 18.0 Å². The van der Waals surface area contributed by atoms with Gasteiger partial charge in [-0.3, -0.25) is 4.98 Å². The summed E-state index contributed by atoms with van der Waals surface area (Å²) in [5.74, 6) is 0.950. The number of nitrogens with one attached hydrogen (secondary N) is 1. The molecule has 2 aromatic heterocycles. The summed E-state index contributed by atoms with van der Waals surface area (Å²) >= 11 is 0. The number of hydrogen-bond acceptors (Lipinski definition) is 4. The number of aromatic nitrogens is 2. The standard InChI is InChI=1S/C24H21F3N4O2/c25-24(26,27)19-9-10-22(29-13-19)33-21-8-2-5-17(12-21)4-1-6-18-15-31(16-18)23(32)30-20-7-3-11-28-14-20/h1-5,7-14,18H,6,15-16H2,(H,30,32)/b4-1+. The van der Waals surface area contributed by atoms with Gasteiger partial charge in [-0.05, 0) is 48.2 Å². The molecular weight excluding hydrogens is 433 g/mol. The van der Waals surface area contributed by atoms with Gasteiger partial charge < -0.3 is 15.0 Å². The summed E-state index contributed by atoms with van der Waals surface area (Å²) in [6.07, 6.45) is 4.37. The number of carbonyl (C=O) groups excluding carboxylic acids is 1. The molecule has 1 aromatic carbocycles. The quantitative estimate of drug-likeness (QED) is 0.507. The molecule has 0 spiro atoms. The maximum atomic E-state index is 12.6. The number of halogens is 3. The molecule has 1 aliphatic heterocycles. The molecule has 1 fully saturated rings. The first-order chi connectivity index (χ1) is 15.9. The minimum absolute atomic E-state index is 0.0863. The van der Waals surface area contributed by atoms with Crippen LogP contribution in [0.15, 0.2) is 73.2 Å². The number of allylic oxidation sites excluding steroid dienone is 1. The molecule has 170 valence electrons. The molecule has 0 atom stereocenters. The topological polar surface area (TPSA) is 67.4 Å².